The molecule has 0 spiro atoms. The summed E-state index contributed by atoms with van der Waals surface area (Å²) in [5, 5.41) is 4.85. The molecule has 0 atom stereocenters. The van der Waals surface area contributed by atoms with Crippen molar-refractivity contribution in [3.63, 3.8) is 0 Å². The van der Waals surface area contributed by atoms with Gasteiger partial charge in [0.15, 0.2) is 0 Å². The van der Waals surface area contributed by atoms with E-state index in [9.17, 15) is 9.59 Å². The fourth-order valence-electron chi connectivity index (χ4n) is 4.66. The Morgan fingerprint density at radius 2 is 1.63 bits per heavy atom. The topological polar surface area (TPSA) is 57.6 Å². The summed E-state index contributed by atoms with van der Waals surface area (Å²) in [5.74, 6) is 0.313. The molecule has 1 saturated heterocycles. The third-order valence-electron chi connectivity index (χ3n) is 6.67. The highest BCUT2D eigenvalue weighted by molar-refractivity contribution is 8.00. The van der Waals surface area contributed by atoms with Gasteiger partial charge in [-0.2, -0.15) is 0 Å². The Labute approximate surface area is 236 Å². The highest BCUT2D eigenvalue weighted by Crippen LogP contribution is 2.30. The molecule has 0 bridgehead atoms. The van der Waals surface area contributed by atoms with Gasteiger partial charge in [-0.05, 0) is 36.4 Å². The van der Waals surface area contributed by atoms with E-state index in [-0.39, 0.29) is 11.8 Å². The van der Waals surface area contributed by atoms with Crippen molar-refractivity contribution in [2.24, 2.45) is 0 Å². The van der Waals surface area contributed by atoms with Gasteiger partial charge in [0.25, 0.3) is 5.91 Å². The second-order valence-electron chi connectivity index (χ2n) is 9.08. The van der Waals surface area contributed by atoms with Crippen LogP contribution in [-0.2, 0) is 11.3 Å². The lowest BCUT2D eigenvalue weighted by Gasteiger charge is -2.36. The van der Waals surface area contributed by atoms with Gasteiger partial charge in [0.2, 0.25) is 5.91 Å². The number of rotatable bonds is 8. The first-order chi connectivity index (χ1) is 18.5. The number of aromatic nitrogens is 1. The summed E-state index contributed by atoms with van der Waals surface area (Å²) in [6.07, 6.45) is 2.07. The van der Waals surface area contributed by atoms with Gasteiger partial charge in [-0.3, -0.25) is 9.59 Å². The van der Waals surface area contributed by atoms with Crippen molar-refractivity contribution < 1.29 is 9.59 Å². The van der Waals surface area contributed by atoms with Crippen LogP contribution in [0.5, 0.6) is 0 Å². The van der Waals surface area contributed by atoms with E-state index in [2.05, 4.69) is 45.2 Å². The molecule has 2 heterocycles. The van der Waals surface area contributed by atoms with Crippen molar-refractivity contribution in [2.75, 3.05) is 43.4 Å². The molecule has 1 fully saturated rings. The minimum atomic E-state index is -0.240. The molecule has 2 amide bonds. The summed E-state index contributed by atoms with van der Waals surface area (Å²) in [6, 6.07) is 23.3. The van der Waals surface area contributed by atoms with Crippen molar-refractivity contribution in [2.45, 2.75) is 11.4 Å². The number of halogens is 2. The monoisotopic (exact) mass is 566 g/mol. The Bertz CT molecular complexity index is 1440. The Balaban J connectivity index is 1.17. The van der Waals surface area contributed by atoms with Gasteiger partial charge < -0.3 is 19.7 Å². The smallest absolute Gasteiger partial charge is 0.252 e. The lowest BCUT2D eigenvalue weighted by molar-refractivity contribution is -0.128. The summed E-state index contributed by atoms with van der Waals surface area (Å²) in [6.45, 7) is 4.17. The van der Waals surface area contributed by atoms with Gasteiger partial charge in [-0.15, -0.1) is 11.8 Å². The molecule has 196 valence electrons. The van der Waals surface area contributed by atoms with Gasteiger partial charge in [0.05, 0.1) is 16.3 Å². The molecule has 5 rings (SSSR count). The molecule has 1 aromatic heterocycles. The van der Waals surface area contributed by atoms with Crippen LogP contribution < -0.4 is 10.2 Å². The minimum absolute atomic E-state index is 0.159. The van der Waals surface area contributed by atoms with Crippen molar-refractivity contribution in [1.82, 2.24) is 14.8 Å². The number of carbonyl (C=O) groups excluding carboxylic acids is 2. The van der Waals surface area contributed by atoms with Gasteiger partial charge in [-0.1, -0.05) is 59.6 Å². The lowest BCUT2D eigenvalue weighted by atomic mass is 10.2. The number of thioether (sulfide) groups is 1. The molecule has 9 heteroatoms. The van der Waals surface area contributed by atoms with Crippen LogP contribution in [0, 0.1) is 0 Å². The van der Waals surface area contributed by atoms with E-state index < -0.39 is 0 Å². The largest absolute Gasteiger partial charge is 0.368 e. The van der Waals surface area contributed by atoms with Crippen molar-refractivity contribution >= 4 is 63.4 Å². The maximum Gasteiger partial charge on any atom is 0.252 e. The summed E-state index contributed by atoms with van der Waals surface area (Å²) >= 11 is 13.7. The van der Waals surface area contributed by atoms with E-state index >= 15 is 0 Å². The molecule has 4 aromatic rings. The molecule has 0 saturated carbocycles. The third-order valence-corrected chi connectivity index (χ3v) is 8.25. The van der Waals surface area contributed by atoms with Gasteiger partial charge in [-0.25, -0.2) is 0 Å². The SMILES string of the molecule is O=C(NCCn1cc(SCC(=O)N2CCN(c3ccccc3)CC2)c2ccccc21)c1ccc(Cl)cc1Cl. The van der Waals surface area contributed by atoms with Crippen LogP contribution in [0.3, 0.4) is 0 Å². The van der Waals surface area contributed by atoms with E-state index in [4.69, 9.17) is 23.2 Å². The highest BCUT2D eigenvalue weighted by atomic mass is 35.5. The Hall–Kier alpha value is -3.13. The second-order valence-corrected chi connectivity index (χ2v) is 10.9. The van der Waals surface area contributed by atoms with E-state index in [1.807, 2.05) is 35.2 Å². The van der Waals surface area contributed by atoms with Crippen LogP contribution >= 0.6 is 35.0 Å². The molecule has 38 heavy (non-hydrogen) atoms. The first kappa shape index (κ1) is 26.5. The molecule has 1 N–H and O–H groups in total. The van der Waals surface area contributed by atoms with E-state index in [1.54, 1.807) is 30.0 Å². The predicted octanol–water partition coefficient (Wildman–Crippen LogP) is 5.82. The van der Waals surface area contributed by atoms with E-state index in [0.717, 1.165) is 42.0 Å². The number of hydrogen-bond acceptors (Lipinski definition) is 4. The average Bonchev–Trinajstić information content (AvgIpc) is 3.29. The molecule has 1 aliphatic rings. The van der Waals surface area contributed by atoms with E-state index in [0.29, 0.717) is 34.5 Å². The summed E-state index contributed by atoms with van der Waals surface area (Å²) in [4.78, 5) is 30.9. The quantitative estimate of drug-likeness (QED) is 0.273. The number of carbonyl (C=O) groups is 2. The molecule has 0 unspecified atom stereocenters. The van der Waals surface area contributed by atoms with Crippen LogP contribution in [0.15, 0.2) is 83.9 Å². The van der Waals surface area contributed by atoms with E-state index in [1.165, 1.54) is 5.69 Å². The second kappa shape index (κ2) is 12.2. The van der Waals surface area contributed by atoms with Gasteiger partial charge in [0, 0.05) is 72.0 Å². The number of anilines is 1. The molecular formula is C29H28Cl2N4O2S. The zero-order chi connectivity index (χ0) is 26.5. The van der Waals surface area contributed by atoms with Crippen LogP contribution in [0.25, 0.3) is 10.9 Å². The Morgan fingerprint density at radius 3 is 2.39 bits per heavy atom. The Kier molecular flexibility index (Phi) is 8.47. The normalized spacial score (nSPS) is 13.6. The zero-order valence-electron chi connectivity index (χ0n) is 20.8. The maximum absolute atomic E-state index is 13.0. The number of nitrogens with zero attached hydrogens (tertiary/aromatic N) is 3. The number of para-hydroxylation sites is 2. The maximum atomic E-state index is 13.0. The zero-order valence-corrected chi connectivity index (χ0v) is 23.1. The Morgan fingerprint density at radius 1 is 0.895 bits per heavy atom. The van der Waals surface area contributed by atoms with Crippen LogP contribution in [-0.4, -0.2) is 59.8 Å². The van der Waals surface area contributed by atoms with Crippen molar-refractivity contribution in [3.8, 4) is 0 Å². The third kappa shape index (κ3) is 6.12. The van der Waals surface area contributed by atoms with Crippen LogP contribution in [0.2, 0.25) is 10.0 Å². The first-order valence-corrected chi connectivity index (χ1v) is 14.3. The standard InChI is InChI=1S/C29H28Cl2N4O2S/c30-21-10-11-23(25(31)18-21)29(37)32-12-13-35-19-27(24-8-4-5-9-26(24)35)38-20-28(36)34-16-14-33(15-17-34)22-6-2-1-3-7-22/h1-11,18-19H,12-17,20H2,(H,32,37). The molecule has 6 nitrogen and oxygen atoms in total. The first-order valence-electron chi connectivity index (χ1n) is 12.5. The average molecular weight is 568 g/mol. The number of benzene rings is 3. The lowest BCUT2D eigenvalue weighted by Crippen LogP contribution is -2.49. The van der Waals surface area contributed by atoms with Crippen molar-refractivity contribution in [3.05, 3.63) is 94.6 Å². The minimum Gasteiger partial charge on any atom is -0.368 e. The fourth-order valence-corrected chi connectivity index (χ4v) is 6.14. The number of amides is 2. The van der Waals surface area contributed by atoms with Gasteiger partial charge in [0.1, 0.15) is 0 Å². The number of piperazine rings is 1. The summed E-state index contributed by atoms with van der Waals surface area (Å²) < 4.78 is 2.12. The summed E-state index contributed by atoms with van der Waals surface area (Å²) in [5.41, 5.74) is 2.67. The molecule has 0 aliphatic carbocycles. The molecule has 1 aliphatic heterocycles. The van der Waals surface area contributed by atoms with Crippen molar-refractivity contribution in [1.29, 1.82) is 0 Å². The molecular weight excluding hydrogens is 539 g/mol. The van der Waals surface area contributed by atoms with Crippen LogP contribution in [0.1, 0.15) is 10.4 Å². The summed E-state index contributed by atoms with van der Waals surface area (Å²) in [7, 11) is 0. The number of hydrogen-bond donors (Lipinski definition) is 1. The van der Waals surface area contributed by atoms with Gasteiger partial charge >= 0.3 is 0 Å². The predicted molar refractivity (Wildman–Crippen MR) is 157 cm³/mol. The molecule has 0 radical (unpaired) electrons. The number of nitrogens with one attached hydrogen (secondary N) is 1. The number of fused-ring (bicyclic) bond motifs is 1. The highest BCUT2D eigenvalue weighted by Gasteiger charge is 2.22. The van der Waals surface area contributed by atoms with Crippen LogP contribution in [0.4, 0.5) is 5.69 Å². The fraction of sp³-hybridized carbons (Fsp3) is 0.241. The molecule has 3 aromatic carbocycles.